The van der Waals surface area contributed by atoms with E-state index in [-0.39, 0.29) is 9.22 Å². The quantitative estimate of drug-likeness (QED) is 0.789. The maximum atomic E-state index is 11.7. The van der Waals surface area contributed by atoms with Crippen LogP contribution in [0.1, 0.15) is 18.9 Å². The van der Waals surface area contributed by atoms with Crippen molar-refractivity contribution < 1.29 is 8.42 Å². The summed E-state index contributed by atoms with van der Waals surface area (Å²) in [6.07, 6.45) is 1.22. The van der Waals surface area contributed by atoms with Gasteiger partial charge < -0.3 is 0 Å². The van der Waals surface area contributed by atoms with E-state index in [2.05, 4.69) is 4.98 Å². The van der Waals surface area contributed by atoms with Crippen LogP contribution >= 0.6 is 46.1 Å². The third-order valence-corrected chi connectivity index (χ3v) is 6.27. The molecule has 0 aromatic carbocycles. The number of nitrogens with zero attached hydrogens (tertiary/aromatic N) is 1. The Morgan fingerprint density at radius 2 is 1.93 bits per heavy atom. The molecule has 8 heteroatoms. The van der Waals surface area contributed by atoms with E-state index < -0.39 is 18.9 Å². The first kappa shape index (κ1) is 13.5. The molecule has 0 aliphatic carbocycles. The molecule has 0 spiro atoms. The molecular weight excluding hydrogens is 301 g/mol. The van der Waals surface area contributed by atoms with E-state index in [1.165, 1.54) is 6.20 Å². The molecule has 1 rings (SSSR count). The lowest BCUT2D eigenvalue weighted by atomic mass is 10.6. The van der Waals surface area contributed by atoms with Crippen molar-refractivity contribution in [2.24, 2.45) is 0 Å². The van der Waals surface area contributed by atoms with Crippen LogP contribution in [0.25, 0.3) is 0 Å². The van der Waals surface area contributed by atoms with E-state index in [1.54, 1.807) is 13.8 Å². The predicted molar refractivity (Wildman–Crippen MR) is 63.7 cm³/mol. The monoisotopic (exact) mass is 307 g/mol. The summed E-state index contributed by atoms with van der Waals surface area (Å²) in [6.45, 7) is 3.17. The predicted octanol–water partition coefficient (Wildman–Crippen LogP) is 3.15. The highest BCUT2D eigenvalue weighted by Gasteiger charge is 2.30. The van der Waals surface area contributed by atoms with Gasteiger partial charge in [-0.05, 0) is 13.8 Å². The maximum absolute atomic E-state index is 11.7. The molecule has 0 saturated heterocycles. The molecule has 1 aromatic heterocycles. The highest BCUT2D eigenvalue weighted by atomic mass is 35.6. The van der Waals surface area contributed by atoms with Gasteiger partial charge in [0.05, 0.1) is 11.4 Å². The van der Waals surface area contributed by atoms with Crippen LogP contribution in [0.15, 0.2) is 10.4 Å². The van der Waals surface area contributed by atoms with Gasteiger partial charge in [-0.25, -0.2) is 13.4 Å². The molecule has 0 saturated carbocycles. The van der Waals surface area contributed by atoms with E-state index in [0.717, 1.165) is 11.3 Å². The molecule has 0 aliphatic rings. The second-order valence-electron chi connectivity index (χ2n) is 3.08. The van der Waals surface area contributed by atoms with Crippen LogP contribution in [-0.4, -0.2) is 18.7 Å². The van der Waals surface area contributed by atoms with E-state index in [4.69, 9.17) is 34.8 Å². The highest BCUT2D eigenvalue weighted by molar-refractivity contribution is 7.94. The molecule has 0 unspecified atom stereocenters. The summed E-state index contributed by atoms with van der Waals surface area (Å²) in [5, 5.41) is -0.354. The second kappa shape index (κ2) is 4.37. The average molecular weight is 309 g/mol. The Kier molecular flexibility index (Phi) is 3.94. The summed E-state index contributed by atoms with van der Waals surface area (Å²) >= 11 is 17.6. The molecule has 0 fully saturated rings. The Bertz CT molecular complexity index is 447. The van der Waals surface area contributed by atoms with Crippen LogP contribution in [0, 0.1) is 0 Å². The lowest BCUT2D eigenvalue weighted by Crippen LogP contribution is -2.12. The number of hydrogen-bond donors (Lipinski definition) is 0. The van der Waals surface area contributed by atoms with Gasteiger partial charge >= 0.3 is 0 Å². The summed E-state index contributed by atoms with van der Waals surface area (Å²) in [6, 6.07) is 0. The van der Waals surface area contributed by atoms with Crippen LogP contribution in [0.5, 0.6) is 0 Å². The third kappa shape index (κ3) is 2.97. The van der Waals surface area contributed by atoms with Crippen LogP contribution in [-0.2, 0) is 13.6 Å². The molecule has 0 N–H and O–H groups in total. The van der Waals surface area contributed by atoms with E-state index in [0.29, 0.717) is 0 Å². The summed E-state index contributed by atoms with van der Waals surface area (Å²) in [5.41, 5.74) is 0. The van der Waals surface area contributed by atoms with Gasteiger partial charge in [0.1, 0.15) is 9.22 Å². The normalized spacial score (nSPS) is 13.5. The first-order chi connectivity index (χ1) is 6.65. The summed E-state index contributed by atoms with van der Waals surface area (Å²) < 4.78 is 21.9. The lowest BCUT2D eigenvalue weighted by Gasteiger charge is -2.05. The first-order valence-corrected chi connectivity index (χ1v) is 7.42. The number of halogens is 3. The topological polar surface area (TPSA) is 47.0 Å². The largest absolute Gasteiger partial charge is 0.244 e. The number of rotatable bonds is 2. The summed E-state index contributed by atoms with van der Waals surface area (Å²) in [7, 11) is -3.34. The Balaban J connectivity index is 3.16. The fourth-order valence-electron chi connectivity index (χ4n) is 0.754. The smallest absolute Gasteiger partial charge is 0.242 e. The molecule has 3 nitrogen and oxygen atoms in total. The van der Waals surface area contributed by atoms with E-state index in [9.17, 15) is 8.42 Å². The van der Waals surface area contributed by atoms with Crippen molar-refractivity contribution in [1.82, 2.24) is 4.98 Å². The van der Waals surface area contributed by atoms with Crippen molar-refractivity contribution in [2.45, 2.75) is 27.1 Å². The van der Waals surface area contributed by atoms with Crippen molar-refractivity contribution in [1.29, 1.82) is 0 Å². The van der Waals surface area contributed by atoms with Crippen LogP contribution < -0.4 is 0 Å². The number of alkyl halides is 3. The molecule has 0 aliphatic heterocycles. The van der Waals surface area contributed by atoms with E-state index >= 15 is 0 Å². The standard InChI is InChI=1S/C7H8Cl3NO2S2/c1-4(2)15(12,13)5-3-11-6(14-5)7(8,9)10/h3-4H,1-2H3. The zero-order chi connectivity index (χ0) is 11.9. The first-order valence-electron chi connectivity index (χ1n) is 3.92. The highest BCUT2D eigenvalue weighted by Crippen LogP contribution is 2.41. The van der Waals surface area contributed by atoms with Crippen molar-refractivity contribution in [3.63, 3.8) is 0 Å². The lowest BCUT2D eigenvalue weighted by molar-refractivity contribution is 0.589. The summed E-state index contributed by atoms with van der Waals surface area (Å²) in [5.74, 6) is 0. The van der Waals surface area contributed by atoms with Crippen LogP contribution in [0.2, 0.25) is 0 Å². The van der Waals surface area contributed by atoms with E-state index in [1.807, 2.05) is 0 Å². The number of thiazole rings is 1. The number of aromatic nitrogens is 1. The molecule has 1 aromatic rings. The van der Waals surface area contributed by atoms with Gasteiger partial charge in [0.25, 0.3) is 0 Å². The average Bonchev–Trinajstić information content (AvgIpc) is 2.50. The Hall–Kier alpha value is 0.450. The molecule has 15 heavy (non-hydrogen) atoms. The Labute approximate surface area is 107 Å². The van der Waals surface area contributed by atoms with Crippen LogP contribution in [0.4, 0.5) is 0 Å². The Morgan fingerprint density at radius 3 is 2.27 bits per heavy atom. The van der Waals surface area contributed by atoms with Crippen molar-refractivity contribution in [3.8, 4) is 0 Å². The van der Waals surface area contributed by atoms with Gasteiger partial charge in [0.2, 0.25) is 3.79 Å². The van der Waals surface area contributed by atoms with Crippen molar-refractivity contribution in [3.05, 3.63) is 11.2 Å². The molecule has 1 heterocycles. The van der Waals surface area contributed by atoms with Gasteiger partial charge in [0.15, 0.2) is 9.84 Å². The van der Waals surface area contributed by atoms with Gasteiger partial charge in [-0.2, -0.15) is 0 Å². The molecular formula is C7H8Cl3NO2S2. The fraction of sp³-hybridized carbons (Fsp3) is 0.571. The minimum absolute atomic E-state index is 0.124. The maximum Gasteiger partial charge on any atom is 0.242 e. The van der Waals surface area contributed by atoms with Crippen LogP contribution in [0.3, 0.4) is 0 Å². The molecule has 0 bridgehead atoms. The molecule has 0 amide bonds. The second-order valence-corrected chi connectivity index (χ2v) is 9.12. The molecule has 0 atom stereocenters. The summed E-state index contributed by atoms with van der Waals surface area (Å²) in [4.78, 5) is 3.78. The zero-order valence-electron chi connectivity index (χ0n) is 7.87. The minimum Gasteiger partial charge on any atom is -0.244 e. The third-order valence-electron chi connectivity index (χ3n) is 1.63. The van der Waals surface area contributed by atoms with Gasteiger partial charge in [-0.3, -0.25) is 0 Å². The SMILES string of the molecule is CC(C)S(=O)(=O)c1cnc(C(Cl)(Cl)Cl)s1. The van der Waals surface area contributed by atoms with Gasteiger partial charge in [-0.15, -0.1) is 11.3 Å². The fourth-order valence-corrected chi connectivity index (χ4v) is 3.71. The van der Waals surface area contributed by atoms with Gasteiger partial charge in [0, 0.05) is 0 Å². The molecule has 0 radical (unpaired) electrons. The van der Waals surface area contributed by atoms with Gasteiger partial charge in [-0.1, -0.05) is 34.8 Å². The zero-order valence-corrected chi connectivity index (χ0v) is 11.8. The Morgan fingerprint density at radius 1 is 1.40 bits per heavy atom. The number of hydrogen-bond acceptors (Lipinski definition) is 4. The van der Waals surface area contributed by atoms with Crippen molar-refractivity contribution in [2.75, 3.05) is 0 Å². The van der Waals surface area contributed by atoms with Crippen molar-refractivity contribution >= 4 is 56.0 Å². The number of sulfone groups is 1. The minimum atomic E-state index is -3.34. The molecule has 86 valence electrons.